The van der Waals surface area contributed by atoms with E-state index in [2.05, 4.69) is 16.9 Å². The van der Waals surface area contributed by atoms with Crippen molar-refractivity contribution in [3.8, 4) is 23.2 Å². The Bertz CT molecular complexity index is 933. The van der Waals surface area contributed by atoms with Crippen LogP contribution in [0.4, 0.5) is 0 Å². The van der Waals surface area contributed by atoms with E-state index in [-0.39, 0.29) is 11.9 Å². The van der Waals surface area contributed by atoms with Gasteiger partial charge in [0.2, 0.25) is 0 Å². The summed E-state index contributed by atoms with van der Waals surface area (Å²) in [5, 5.41) is 8.86. The molecule has 33 heavy (non-hydrogen) atoms. The predicted octanol–water partition coefficient (Wildman–Crippen LogP) is 6.72. The van der Waals surface area contributed by atoms with E-state index in [0.717, 1.165) is 36.2 Å². The van der Waals surface area contributed by atoms with Gasteiger partial charge in [0.1, 0.15) is 11.8 Å². The average Bonchev–Trinajstić information content (AvgIpc) is 2.88. The molecule has 0 spiro atoms. The highest BCUT2D eigenvalue weighted by atomic mass is 16.5. The number of rotatable bonds is 7. The molecule has 2 saturated carbocycles. The summed E-state index contributed by atoms with van der Waals surface area (Å²) in [6, 6.07) is 9.28. The molecule has 0 atom stereocenters. The lowest BCUT2D eigenvalue weighted by molar-refractivity contribution is -0.140. The Hall–Kier alpha value is -2.74. The number of hydrogen-bond donors (Lipinski definition) is 0. The molecule has 2 aromatic rings. The second kappa shape index (κ2) is 11.4. The van der Waals surface area contributed by atoms with Gasteiger partial charge >= 0.3 is 5.97 Å². The fourth-order valence-electron chi connectivity index (χ4n) is 5.67. The van der Waals surface area contributed by atoms with Crippen molar-refractivity contribution in [2.75, 3.05) is 0 Å². The monoisotopic (exact) mass is 445 g/mol. The van der Waals surface area contributed by atoms with Crippen LogP contribution in [0, 0.1) is 35.0 Å². The van der Waals surface area contributed by atoms with Crippen LogP contribution in [0.1, 0.15) is 83.1 Å². The minimum absolute atomic E-state index is 0.0173. The molecule has 0 amide bonds. The zero-order chi connectivity index (χ0) is 23.0. The van der Waals surface area contributed by atoms with E-state index in [1.807, 2.05) is 18.2 Å². The summed E-state index contributed by atoms with van der Waals surface area (Å²) in [5.74, 6) is 3.66. The molecule has 1 heterocycles. The highest BCUT2D eigenvalue weighted by molar-refractivity contribution is 5.75. The summed E-state index contributed by atoms with van der Waals surface area (Å²) < 4.78 is 5.69. The van der Waals surface area contributed by atoms with Crippen LogP contribution in [0.25, 0.3) is 11.4 Å². The van der Waals surface area contributed by atoms with Gasteiger partial charge in [-0.3, -0.25) is 4.79 Å². The van der Waals surface area contributed by atoms with Gasteiger partial charge in [-0.2, -0.15) is 5.26 Å². The zero-order valence-corrected chi connectivity index (χ0v) is 19.7. The molecule has 0 aliphatic heterocycles. The van der Waals surface area contributed by atoms with Crippen LogP contribution in [0.5, 0.6) is 5.75 Å². The molecule has 2 fully saturated rings. The third-order valence-electron chi connectivity index (χ3n) is 7.74. The van der Waals surface area contributed by atoms with Crippen molar-refractivity contribution < 1.29 is 9.53 Å². The number of carbonyl (C=O) groups is 1. The highest BCUT2D eigenvalue weighted by Crippen LogP contribution is 2.42. The first kappa shape index (κ1) is 23.4. The largest absolute Gasteiger partial charge is 0.426 e. The Morgan fingerprint density at radius 3 is 2.15 bits per heavy atom. The summed E-state index contributed by atoms with van der Waals surface area (Å²) >= 11 is 0. The summed E-state index contributed by atoms with van der Waals surface area (Å²) in [5.41, 5.74) is 1.25. The minimum atomic E-state index is -0.0981. The van der Waals surface area contributed by atoms with E-state index in [1.165, 1.54) is 70.2 Å². The summed E-state index contributed by atoms with van der Waals surface area (Å²) in [6.07, 6.45) is 17.0. The van der Waals surface area contributed by atoms with E-state index in [0.29, 0.717) is 17.1 Å². The van der Waals surface area contributed by atoms with Crippen molar-refractivity contribution in [3.63, 3.8) is 0 Å². The van der Waals surface area contributed by atoms with E-state index < -0.39 is 0 Å². The van der Waals surface area contributed by atoms with Crippen LogP contribution in [0.2, 0.25) is 0 Å². The van der Waals surface area contributed by atoms with Gasteiger partial charge in [-0.15, -0.1) is 0 Å². The third kappa shape index (κ3) is 6.19. The zero-order valence-electron chi connectivity index (χ0n) is 19.7. The van der Waals surface area contributed by atoms with Gasteiger partial charge in [0, 0.05) is 18.0 Å². The van der Waals surface area contributed by atoms with Crippen LogP contribution in [-0.4, -0.2) is 15.9 Å². The molecular formula is C28H35N3O2. The van der Waals surface area contributed by atoms with Crippen LogP contribution in [0.15, 0.2) is 36.7 Å². The molecule has 0 saturated heterocycles. The number of esters is 1. The molecule has 1 aromatic heterocycles. The van der Waals surface area contributed by atoms with Crippen LogP contribution < -0.4 is 4.74 Å². The Kier molecular flexibility index (Phi) is 8.10. The molecule has 1 aromatic carbocycles. The molecule has 0 unspecified atom stereocenters. The maximum Gasteiger partial charge on any atom is 0.314 e. The molecular weight excluding hydrogens is 410 g/mol. The molecule has 0 N–H and O–H groups in total. The van der Waals surface area contributed by atoms with Crippen molar-refractivity contribution in [2.24, 2.45) is 23.7 Å². The molecule has 2 aliphatic carbocycles. The second-order valence-corrected chi connectivity index (χ2v) is 9.89. The maximum absolute atomic E-state index is 12.7. The molecule has 2 aliphatic rings. The Balaban J connectivity index is 1.23. The van der Waals surface area contributed by atoms with E-state index in [4.69, 9.17) is 10.00 Å². The van der Waals surface area contributed by atoms with Gasteiger partial charge in [-0.1, -0.05) is 39.0 Å². The number of aromatic nitrogens is 2. The lowest BCUT2D eigenvalue weighted by atomic mass is 9.68. The predicted molar refractivity (Wildman–Crippen MR) is 128 cm³/mol. The van der Waals surface area contributed by atoms with Gasteiger partial charge in [-0.25, -0.2) is 9.97 Å². The number of ether oxygens (including phenoxy) is 1. The minimum Gasteiger partial charge on any atom is -0.426 e. The number of benzene rings is 1. The lowest BCUT2D eigenvalue weighted by Gasteiger charge is -2.37. The number of carbonyl (C=O) groups excluding carboxylic acids is 1. The normalized spacial score (nSPS) is 25.2. The first-order valence-corrected chi connectivity index (χ1v) is 12.7. The summed E-state index contributed by atoms with van der Waals surface area (Å²) in [4.78, 5) is 21.2. The van der Waals surface area contributed by atoms with Crippen molar-refractivity contribution in [1.29, 1.82) is 5.26 Å². The standard InChI is InChI=1S/C28H35N3O2/c1-2-3-4-20-5-7-22(8-6-20)23-9-11-25(12-10-23)28(32)33-26-15-13-24(14-16-26)27-30-18-21(17-29)19-31-27/h13-16,18-20,22-23,25H,2-12H2,1H3/t20-,22-,23-,25-. The number of nitrogens with zero attached hydrogens (tertiary/aromatic N) is 3. The van der Waals surface area contributed by atoms with Crippen LogP contribution >= 0.6 is 0 Å². The molecule has 0 radical (unpaired) electrons. The average molecular weight is 446 g/mol. The third-order valence-corrected chi connectivity index (χ3v) is 7.74. The van der Waals surface area contributed by atoms with Gasteiger partial charge in [0.25, 0.3) is 0 Å². The number of unbranched alkanes of at least 4 members (excludes halogenated alkanes) is 1. The lowest BCUT2D eigenvalue weighted by Crippen LogP contribution is -2.30. The van der Waals surface area contributed by atoms with Crippen molar-refractivity contribution in [3.05, 3.63) is 42.2 Å². The van der Waals surface area contributed by atoms with Crippen LogP contribution in [-0.2, 0) is 4.79 Å². The first-order valence-electron chi connectivity index (χ1n) is 12.7. The van der Waals surface area contributed by atoms with E-state index in [1.54, 1.807) is 12.1 Å². The fraction of sp³-hybridized carbons (Fsp3) is 0.571. The Labute approximate surface area is 197 Å². The van der Waals surface area contributed by atoms with Crippen molar-refractivity contribution in [2.45, 2.75) is 77.6 Å². The number of nitriles is 1. The SMILES string of the molecule is CCCC[C@H]1CC[C@H]([C@H]2CC[C@H](C(=O)Oc3ccc(-c4ncc(C#N)cn4)cc3)CC2)CC1. The van der Waals surface area contributed by atoms with Gasteiger partial charge in [0.15, 0.2) is 5.82 Å². The topological polar surface area (TPSA) is 75.9 Å². The highest BCUT2D eigenvalue weighted by Gasteiger charge is 2.33. The Morgan fingerprint density at radius 2 is 1.58 bits per heavy atom. The molecule has 174 valence electrons. The first-order chi connectivity index (χ1) is 16.2. The van der Waals surface area contributed by atoms with E-state index in [9.17, 15) is 4.79 Å². The Morgan fingerprint density at radius 1 is 0.970 bits per heavy atom. The summed E-state index contributed by atoms with van der Waals surface area (Å²) in [7, 11) is 0. The maximum atomic E-state index is 12.7. The number of hydrogen-bond acceptors (Lipinski definition) is 5. The molecule has 0 bridgehead atoms. The van der Waals surface area contributed by atoms with Crippen molar-refractivity contribution in [1.82, 2.24) is 9.97 Å². The van der Waals surface area contributed by atoms with Crippen LogP contribution in [0.3, 0.4) is 0 Å². The van der Waals surface area contributed by atoms with Gasteiger partial charge in [0.05, 0.1) is 11.5 Å². The molecule has 4 rings (SSSR count). The quantitative estimate of drug-likeness (QED) is 0.349. The summed E-state index contributed by atoms with van der Waals surface area (Å²) in [6.45, 7) is 2.29. The molecule has 5 heteroatoms. The van der Waals surface area contributed by atoms with E-state index >= 15 is 0 Å². The van der Waals surface area contributed by atoms with Gasteiger partial charge in [-0.05, 0) is 80.5 Å². The fourth-order valence-corrected chi connectivity index (χ4v) is 5.67. The van der Waals surface area contributed by atoms with Gasteiger partial charge < -0.3 is 4.74 Å². The van der Waals surface area contributed by atoms with Crippen molar-refractivity contribution >= 4 is 5.97 Å². The smallest absolute Gasteiger partial charge is 0.314 e. The molecule has 5 nitrogen and oxygen atoms in total. The second-order valence-electron chi connectivity index (χ2n) is 9.89.